The number of aromatic nitrogens is 1. The summed E-state index contributed by atoms with van der Waals surface area (Å²) in [4.78, 5) is 16.1. The van der Waals surface area contributed by atoms with Gasteiger partial charge in [-0.3, -0.25) is 4.98 Å². The van der Waals surface area contributed by atoms with Crippen molar-refractivity contribution >= 4 is 22.9 Å². The van der Waals surface area contributed by atoms with Gasteiger partial charge in [0.25, 0.3) is 6.36 Å². The summed E-state index contributed by atoms with van der Waals surface area (Å²) in [6, 6.07) is 6.31. The molecule has 1 aromatic heterocycles. The number of carboxylic acid groups (broad SMARTS) is 1. The number of para-hydroxylation sites is 1. The van der Waals surface area contributed by atoms with Crippen LogP contribution in [0.4, 0.5) is 24.5 Å². The Hall–Kier alpha value is -3.07. The zero-order chi connectivity index (χ0) is 22.0. The maximum atomic E-state index is 13.9. The first-order valence-corrected chi connectivity index (χ1v) is 9.93. The molecule has 1 unspecified atom stereocenters. The number of benzene rings is 1. The number of nitrogens with one attached hydrogen (secondary N) is 1. The maximum Gasteiger partial charge on any atom is 0.337 e. The van der Waals surface area contributed by atoms with Crippen LogP contribution in [0.15, 0.2) is 36.5 Å². The molecule has 2 heterocycles. The monoisotopic (exact) mass is 434 g/mol. The summed E-state index contributed by atoms with van der Waals surface area (Å²) < 4.78 is 50.0. The third kappa shape index (κ3) is 4.82. The van der Waals surface area contributed by atoms with E-state index in [1.54, 1.807) is 18.2 Å². The lowest BCUT2D eigenvalue weighted by Gasteiger charge is -2.22. The van der Waals surface area contributed by atoms with Gasteiger partial charge in [0.1, 0.15) is 0 Å². The lowest BCUT2D eigenvalue weighted by Crippen LogP contribution is -2.21. The molecular formula is C22H21F3N2O4. The number of carboxylic acids is 1. The number of hydrogen-bond donors (Lipinski definition) is 2. The first kappa shape index (κ1) is 21.2. The van der Waals surface area contributed by atoms with Crippen molar-refractivity contribution < 1.29 is 32.5 Å². The van der Waals surface area contributed by atoms with Crippen molar-refractivity contribution in [3.8, 4) is 5.75 Å². The predicted molar refractivity (Wildman–Crippen MR) is 108 cm³/mol. The van der Waals surface area contributed by atoms with Gasteiger partial charge in [-0.05, 0) is 37.0 Å². The lowest BCUT2D eigenvalue weighted by atomic mass is 9.99. The van der Waals surface area contributed by atoms with Crippen LogP contribution in [0.1, 0.15) is 46.8 Å². The van der Waals surface area contributed by atoms with Crippen LogP contribution in [0.25, 0.3) is 5.57 Å². The van der Waals surface area contributed by atoms with Crippen LogP contribution in [0.2, 0.25) is 0 Å². The van der Waals surface area contributed by atoms with Gasteiger partial charge < -0.3 is 19.9 Å². The second kappa shape index (κ2) is 8.97. The van der Waals surface area contributed by atoms with Gasteiger partial charge in [0.2, 0.25) is 0 Å². The minimum Gasteiger partial charge on any atom is -0.478 e. The second-order valence-electron chi connectivity index (χ2n) is 7.40. The van der Waals surface area contributed by atoms with Crippen molar-refractivity contribution in [3.05, 3.63) is 53.4 Å². The number of aromatic carboxylic acids is 1. The zero-order valence-corrected chi connectivity index (χ0v) is 16.5. The minimum atomic E-state index is -3.33. The average Bonchev–Trinajstić information content (AvgIpc) is 3.61. The molecule has 0 spiro atoms. The smallest absolute Gasteiger partial charge is 0.337 e. The fourth-order valence-corrected chi connectivity index (χ4v) is 3.45. The summed E-state index contributed by atoms with van der Waals surface area (Å²) in [5.74, 6) is -1.02. The van der Waals surface area contributed by atoms with E-state index in [1.807, 2.05) is 0 Å². The summed E-state index contributed by atoms with van der Waals surface area (Å²) in [7, 11) is 0. The molecule has 0 radical (unpaired) electrons. The van der Waals surface area contributed by atoms with Gasteiger partial charge in [-0.25, -0.2) is 13.6 Å². The van der Waals surface area contributed by atoms with E-state index in [9.17, 15) is 23.1 Å². The number of pyridine rings is 1. The summed E-state index contributed by atoms with van der Waals surface area (Å²) in [5, 5.41) is 12.5. The van der Waals surface area contributed by atoms with Crippen LogP contribution in [0, 0.1) is 0 Å². The highest BCUT2D eigenvalue weighted by atomic mass is 19.3. The van der Waals surface area contributed by atoms with Gasteiger partial charge in [-0.1, -0.05) is 18.2 Å². The molecule has 1 saturated carbocycles. The largest absolute Gasteiger partial charge is 0.478 e. The van der Waals surface area contributed by atoms with Crippen molar-refractivity contribution in [1.29, 1.82) is 0 Å². The number of halogens is 3. The normalized spacial score (nSPS) is 17.2. The number of anilines is 2. The number of carbonyl (C=O) groups is 1. The third-order valence-corrected chi connectivity index (χ3v) is 5.17. The predicted octanol–water partition coefficient (Wildman–Crippen LogP) is 5.14. The molecular weight excluding hydrogens is 413 g/mol. The fraction of sp³-hybridized carbons (Fsp3) is 0.364. The van der Waals surface area contributed by atoms with E-state index in [1.165, 1.54) is 18.3 Å². The maximum absolute atomic E-state index is 13.9. The van der Waals surface area contributed by atoms with E-state index in [2.05, 4.69) is 10.3 Å². The van der Waals surface area contributed by atoms with Crippen molar-refractivity contribution in [2.24, 2.45) is 0 Å². The number of ether oxygens (including phenoxy) is 2. The van der Waals surface area contributed by atoms with Gasteiger partial charge >= 0.3 is 12.4 Å². The molecule has 1 atom stereocenters. The van der Waals surface area contributed by atoms with E-state index in [0.29, 0.717) is 30.9 Å². The van der Waals surface area contributed by atoms with Crippen molar-refractivity contribution in [2.75, 3.05) is 18.5 Å². The molecule has 1 aliphatic carbocycles. The van der Waals surface area contributed by atoms with Gasteiger partial charge in [0.15, 0.2) is 5.75 Å². The van der Waals surface area contributed by atoms with Crippen LogP contribution in [-0.2, 0) is 4.74 Å². The molecule has 2 N–H and O–H groups in total. The Balaban J connectivity index is 1.74. The van der Waals surface area contributed by atoms with Crippen LogP contribution < -0.4 is 10.1 Å². The van der Waals surface area contributed by atoms with Gasteiger partial charge in [-0.2, -0.15) is 4.39 Å². The Morgan fingerprint density at radius 2 is 2.06 bits per heavy atom. The van der Waals surface area contributed by atoms with E-state index in [-0.39, 0.29) is 28.6 Å². The number of hydrogen-bond acceptors (Lipinski definition) is 5. The van der Waals surface area contributed by atoms with Crippen LogP contribution in [0.3, 0.4) is 0 Å². The molecule has 9 heteroatoms. The molecule has 1 fully saturated rings. The van der Waals surface area contributed by atoms with Crippen molar-refractivity contribution in [3.63, 3.8) is 0 Å². The molecule has 4 rings (SSSR count). The Morgan fingerprint density at radius 3 is 2.71 bits per heavy atom. The number of alkyl halides is 3. The highest BCUT2D eigenvalue weighted by Gasteiger charge is 2.28. The summed E-state index contributed by atoms with van der Waals surface area (Å²) in [5.41, 5.74) is 2.22. The SMILES string of the molecule is O=C(O)c1cc(C2CC2)ncc1Nc1cccc(C2=CCOCC2)c1OC(F)C(F)F. The quantitative estimate of drug-likeness (QED) is 0.599. The summed E-state index contributed by atoms with van der Waals surface area (Å²) in [6.45, 7) is 0.780. The van der Waals surface area contributed by atoms with E-state index >= 15 is 0 Å². The van der Waals surface area contributed by atoms with Crippen molar-refractivity contribution in [2.45, 2.75) is 38.0 Å². The third-order valence-electron chi connectivity index (χ3n) is 5.17. The molecule has 6 nitrogen and oxygen atoms in total. The molecule has 164 valence electrons. The molecule has 1 aliphatic heterocycles. The minimum absolute atomic E-state index is 0.0100. The Morgan fingerprint density at radius 1 is 1.26 bits per heavy atom. The molecule has 31 heavy (non-hydrogen) atoms. The standard InChI is InChI=1S/C22H21F3N2O4/c23-20(24)21(25)31-19-14(12-6-8-30-9-7-12)2-1-3-16(19)27-18-11-26-17(13-4-5-13)10-15(18)22(28)29/h1-3,6,10-11,13,20-21,27H,4-5,7-9H2,(H,28,29). The first-order chi connectivity index (χ1) is 14.9. The van der Waals surface area contributed by atoms with E-state index in [0.717, 1.165) is 18.4 Å². The lowest BCUT2D eigenvalue weighted by molar-refractivity contribution is -0.0666. The second-order valence-corrected chi connectivity index (χ2v) is 7.40. The molecule has 2 aliphatic rings. The Kier molecular flexibility index (Phi) is 6.13. The van der Waals surface area contributed by atoms with E-state index < -0.39 is 18.8 Å². The number of nitrogens with zero attached hydrogens (tertiary/aromatic N) is 1. The molecule has 0 bridgehead atoms. The van der Waals surface area contributed by atoms with Gasteiger partial charge in [0, 0.05) is 17.2 Å². The van der Waals surface area contributed by atoms with Crippen molar-refractivity contribution in [1.82, 2.24) is 4.98 Å². The molecule has 0 saturated heterocycles. The molecule has 2 aromatic rings. The van der Waals surface area contributed by atoms with Crippen LogP contribution in [0.5, 0.6) is 5.75 Å². The summed E-state index contributed by atoms with van der Waals surface area (Å²) in [6.07, 6.45) is -0.577. The molecule has 0 amide bonds. The summed E-state index contributed by atoms with van der Waals surface area (Å²) >= 11 is 0. The van der Waals surface area contributed by atoms with Gasteiger partial charge in [0.05, 0.1) is 36.3 Å². The first-order valence-electron chi connectivity index (χ1n) is 9.93. The van der Waals surface area contributed by atoms with Gasteiger partial charge in [-0.15, -0.1) is 0 Å². The topological polar surface area (TPSA) is 80.7 Å². The fourth-order valence-electron chi connectivity index (χ4n) is 3.45. The van der Waals surface area contributed by atoms with Crippen LogP contribution in [-0.4, -0.2) is 42.1 Å². The highest BCUT2D eigenvalue weighted by molar-refractivity contribution is 5.95. The Labute approximate surface area is 176 Å². The number of rotatable bonds is 8. The Bertz CT molecular complexity index is 1010. The highest BCUT2D eigenvalue weighted by Crippen LogP contribution is 2.41. The average molecular weight is 434 g/mol. The molecule has 1 aromatic carbocycles. The zero-order valence-electron chi connectivity index (χ0n) is 16.5. The van der Waals surface area contributed by atoms with Crippen LogP contribution >= 0.6 is 0 Å². The van der Waals surface area contributed by atoms with E-state index in [4.69, 9.17) is 9.47 Å².